The maximum absolute atomic E-state index is 11.9. The van der Waals surface area contributed by atoms with Gasteiger partial charge in [-0.1, -0.05) is 52.0 Å². The summed E-state index contributed by atoms with van der Waals surface area (Å²) in [7, 11) is 0. The summed E-state index contributed by atoms with van der Waals surface area (Å²) in [5.41, 5.74) is 2.46. The summed E-state index contributed by atoms with van der Waals surface area (Å²) in [6.07, 6.45) is -0.538. The molecule has 0 amide bonds. The van der Waals surface area contributed by atoms with Gasteiger partial charge >= 0.3 is 12.3 Å². The standard InChI is InChI=1S/C21H26O3.CH2O3/c1-15(2)13-17-5-9-19(10-6-17)23-21(22)24-20-11-7-18(8-12-20)14-16(3)4;2-1(3)4/h5-12,15-16H,13-14H2,1-4H3;(H2,2,3,4). The number of carboxylic acid groups (broad SMARTS) is 2. The molecule has 0 atom stereocenters. The van der Waals surface area contributed by atoms with Crippen molar-refractivity contribution in [3.8, 4) is 11.5 Å². The van der Waals surface area contributed by atoms with Crippen molar-refractivity contribution >= 4 is 12.3 Å². The number of benzene rings is 2. The van der Waals surface area contributed by atoms with E-state index in [2.05, 4.69) is 27.7 Å². The molecule has 2 N–H and O–H groups in total. The van der Waals surface area contributed by atoms with Crippen LogP contribution in [0.5, 0.6) is 11.5 Å². The Balaban J connectivity index is 0.000000892. The van der Waals surface area contributed by atoms with Crippen LogP contribution in [0, 0.1) is 11.8 Å². The van der Waals surface area contributed by atoms with Crippen molar-refractivity contribution < 1.29 is 29.3 Å². The van der Waals surface area contributed by atoms with E-state index in [0.29, 0.717) is 23.3 Å². The minimum Gasteiger partial charge on any atom is -0.450 e. The van der Waals surface area contributed by atoms with Crippen LogP contribution in [-0.4, -0.2) is 22.5 Å². The molecule has 0 fully saturated rings. The van der Waals surface area contributed by atoms with Gasteiger partial charge in [0.2, 0.25) is 0 Å². The lowest BCUT2D eigenvalue weighted by molar-refractivity contribution is 0.136. The molecule has 6 nitrogen and oxygen atoms in total. The van der Waals surface area contributed by atoms with Crippen LogP contribution in [-0.2, 0) is 12.8 Å². The van der Waals surface area contributed by atoms with E-state index >= 15 is 0 Å². The molecule has 0 bridgehead atoms. The maximum Gasteiger partial charge on any atom is 0.519 e. The Morgan fingerprint density at radius 2 is 1.00 bits per heavy atom. The molecule has 0 saturated carbocycles. The van der Waals surface area contributed by atoms with Gasteiger partial charge in [0.15, 0.2) is 0 Å². The Hall–Kier alpha value is -3.02. The third-order valence-corrected chi connectivity index (χ3v) is 3.54. The van der Waals surface area contributed by atoms with Gasteiger partial charge in [-0.05, 0) is 60.1 Å². The molecule has 0 spiro atoms. The fourth-order valence-corrected chi connectivity index (χ4v) is 2.54. The van der Waals surface area contributed by atoms with Crippen molar-refractivity contribution in [3.63, 3.8) is 0 Å². The van der Waals surface area contributed by atoms with E-state index in [1.54, 1.807) is 24.3 Å². The van der Waals surface area contributed by atoms with E-state index < -0.39 is 12.3 Å². The van der Waals surface area contributed by atoms with Crippen LogP contribution < -0.4 is 9.47 Å². The lowest BCUT2D eigenvalue weighted by Gasteiger charge is -2.09. The molecule has 28 heavy (non-hydrogen) atoms. The van der Waals surface area contributed by atoms with E-state index in [1.807, 2.05) is 24.3 Å². The van der Waals surface area contributed by atoms with Gasteiger partial charge in [-0.15, -0.1) is 0 Å². The second-order valence-corrected chi connectivity index (χ2v) is 7.22. The highest BCUT2D eigenvalue weighted by molar-refractivity contribution is 5.67. The van der Waals surface area contributed by atoms with E-state index in [1.165, 1.54) is 11.1 Å². The zero-order valence-electron chi connectivity index (χ0n) is 16.7. The summed E-state index contributed by atoms with van der Waals surface area (Å²) in [6.45, 7) is 8.70. The van der Waals surface area contributed by atoms with Crippen molar-refractivity contribution in [1.29, 1.82) is 0 Å². The molecule has 2 aromatic carbocycles. The molecule has 2 aromatic rings. The van der Waals surface area contributed by atoms with Crippen LogP contribution in [0.1, 0.15) is 38.8 Å². The summed E-state index contributed by atoms with van der Waals surface area (Å²) in [5, 5.41) is 13.9. The lowest BCUT2D eigenvalue weighted by atomic mass is 10.0. The van der Waals surface area contributed by atoms with E-state index in [0.717, 1.165) is 12.8 Å². The van der Waals surface area contributed by atoms with Gasteiger partial charge in [0, 0.05) is 0 Å². The first-order valence-corrected chi connectivity index (χ1v) is 9.15. The largest absolute Gasteiger partial charge is 0.519 e. The number of ether oxygens (including phenoxy) is 2. The van der Waals surface area contributed by atoms with Crippen LogP contribution in [0.2, 0.25) is 0 Å². The Kier molecular flexibility index (Phi) is 9.57. The minimum absolute atomic E-state index is 0.490. The van der Waals surface area contributed by atoms with Gasteiger partial charge in [-0.25, -0.2) is 9.59 Å². The molecule has 0 unspecified atom stereocenters. The smallest absolute Gasteiger partial charge is 0.450 e. The number of carbonyl (C=O) groups is 2. The predicted octanol–water partition coefficient (Wildman–Crippen LogP) is 5.88. The first-order chi connectivity index (χ1) is 13.2. The van der Waals surface area contributed by atoms with Gasteiger partial charge < -0.3 is 19.7 Å². The minimum atomic E-state index is -1.83. The van der Waals surface area contributed by atoms with Gasteiger partial charge in [0.1, 0.15) is 11.5 Å². The van der Waals surface area contributed by atoms with Crippen LogP contribution in [0.3, 0.4) is 0 Å². The SMILES string of the molecule is CC(C)Cc1ccc(OC(=O)Oc2ccc(CC(C)C)cc2)cc1.O=C(O)O. The maximum atomic E-state index is 11.9. The molecular formula is C22H28O6. The topological polar surface area (TPSA) is 93.1 Å². The predicted molar refractivity (Wildman–Crippen MR) is 107 cm³/mol. The lowest BCUT2D eigenvalue weighted by Crippen LogP contribution is -2.13. The normalized spacial score (nSPS) is 10.2. The van der Waals surface area contributed by atoms with E-state index in [4.69, 9.17) is 24.5 Å². The third-order valence-electron chi connectivity index (χ3n) is 3.54. The first-order valence-electron chi connectivity index (χ1n) is 9.15. The van der Waals surface area contributed by atoms with Gasteiger partial charge in [-0.2, -0.15) is 0 Å². The second kappa shape index (κ2) is 11.6. The molecule has 6 heteroatoms. The number of rotatable bonds is 6. The molecule has 0 heterocycles. The second-order valence-electron chi connectivity index (χ2n) is 7.22. The molecular weight excluding hydrogens is 360 g/mol. The highest BCUT2D eigenvalue weighted by Crippen LogP contribution is 2.18. The monoisotopic (exact) mass is 388 g/mol. The number of carbonyl (C=O) groups excluding carboxylic acids is 1. The summed E-state index contributed by atoms with van der Waals surface area (Å²) < 4.78 is 10.4. The Labute approximate surface area is 165 Å². The van der Waals surface area contributed by atoms with Crippen molar-refractivity contribution in [1.82, 2.24) is 0 Å². The fraction of sp³-hybridized carbons (Fsp3) is 0.364. The fourth-order valence-electron chi connectivity index (χ4n) is 2.54. The number of hydrogen-bond acceptors (Lipinski definition) is 4. The third kappa shape index (κ3) is 10.2. The first kappa shape index (κ1) is 23.0. The van der Waals surface area contributed by atoms with Crippen LogP contribution >= 0.6 is 0 Å². The van der Waals surface area contributed by atoms with Gasteiger partial charge in [0.25, 0.3) is 0 Å². The summed E-state index contributed by atoms with van der Waals surface area (Å²) >= 11 is 0. The Morgan fingerprint density at radius 1 is 0.714 bits per heavy atom. The van der Waals surface area contributed by atoms with Crippen LogP contribution in [0.15, 0.2) is 48.5 Å². The van der Waals surface area contributed by atoms with Gasteiger partial charge in [0.05, 0.1) is 0 Å². The van der Waals surface area contributed by atoms with Crippen molar-refractivity contribution in [3.05, 3.63) is 59.7 Å². The molecule has 0 aromatic heterocycles. The quantitative estimate of drug-likeness (QED) is 0.474. The molecule has 0 aliphatic heterocycles. The Morgan fingerprint density at radius 3 is 1.25 bits per heavy atom. The number of hydrogen-bond donors (Lipinski definition) is 2. The summed E-state index contributed by atoms with van der Waals surface area (Å²) in [6, 6.07) is 15.1. The van der Waals surface area contributed by atoms with Crippen molar-refractivity contribution in [2.24, 2.45) is 11.8 Å². The average Bonchev–Trinajstić information content (AvgIpc) is 2.57. The van der Waals surface area contributed by atoms with E-state index in [-0.39, 0.29) is 0 Å². The molecule has 2 rings (SSSR count). The van der Waals surface area contributed by atoms with Crippen molar-refractivity contribution in [2.45, 2.75) is 40.5 Å². The van der Waals surface area contributed by atoms with Crippen LogP contribution in [0.25, 0.3) is 0 Å². The van der Waals surface area contributed by atoms with Crippen LogP contribution in [0.4, 0.5) is 9.59 Å². The zero-order valence-corrected chi connectivity index (χ0v) is 16.7. The summed E-state index contributed by atoms with van der Waals surface area (Å²) in [5.74, 6) is 2.17. The van der Waals surface area contributed by atoms with E-state index in [9.17, 15) is 4.79 Å². The molecule has 0 aliphatic rings. The average molecular weight is 388 g/mol. The Bertz CT molecular complexity index is 671. The van der Waals surface area contributed by atoms with Crippen molar-refractivity contribution in [2.75, 3.05) is 0 Å². The van der Waals surface area contributed by atoms with Gasteiger partial charge in [-0.3, -0.25) is 0 Å². The summed E-state index contributed by atoms with van der Waals surface area (Å²) in [4.78, 5) is 20.4. The zero-order chi connectivity index (χ0) is 21.1. The highest BCUT2D eigenvalue weighted by Gasteiger charge is 2.08. The molecule has 0 aliphatic carbocycles. The molecule has 0 saturated heterocycles. The highest BCUT2D eigenvalue weighted by atomic mass is 16.7. The molecule has 152 valence electrons. The molecule has 0 radical (unpaired) electrons.